The lowest BCUT2D eigenvalue weighted by Crippen LogP contribution is -2.35. The Hall–Kier alpha value is -1.81. The van der Waals surface area contributed by atoms with Crippen LogP contribution in [-0.2, 0) is 11.2 Å². The van der Waals surface area contributed by atoms with E-state index in [1.807, 2.05) is 19.0 Å². The van der Waals surface area contributed by atoms with Crippen molar-refractivity contribution in [3.63, 3.8) is 0 Å². The first-order valence-electron chi connectivity index (χ1n) is 11.5. The van der Waals surface area contributed by atoms with Crippen molar-refractivity contribution in [1.29, 1.82) is 0 Å². The number of carbonyl (C=O) groups is 1. The molecule has 0 amide bonds. The molecule has 168 valence electrons. The molecule has 0 saturated heterocycles. The average molecular weight is 416 g/mol. The second-order valence-corrected chi connectivity index (χ2v) is 9.61. The lowest BCUT2D eigenvalue weighted by atomic mass is 9.82. The number of allylic oxidation sites excluding steroid dienone is 2. The number of unbranched alkanes of at least 4 members (excludes halogenated alkanes) is 2. The molecule has 0 aliphatic carbocycles. The van der Waals surface area contributed by atoms with E-state index in [0.717, 1.165) is 43.4 Å². The third-order valence-electron chi connectivity index (χ3n) is 5.50. The minimum atomic E-state index is -0.256. The number of hydrogen-bond donors (Lipinski definition) is 0. The van der Waals surface area contributed by atoms with Crippen molar-refractivity contribution in [1.82, 2.24) is 4.90 Å². The minimum absolute atomic E-state index is 0.183. The van der Waals surface area contributed by atoms with Gasteiger partial charge < -0.3 is 9.47 Å². The summed E-state index contributed by atoms with van der Waals surface area (Å²) in [5.74, 6) is 1.50. The Labute approximate surface area is 183 Å². The SMILES string of the molecule is CCCCCc1cc(OC(=O)CN(C)C)c2c(c1)OC(C)(C)C[C@H]2/C=C(/C)CCC. The van der Waals surface area contributed by atoms with Crippen LogP contribution >= 0.6 is 0 Å². The summed E-state index contributed by atoms with van der Waals surface area (Å²) in [6.07, 6.45) is 9.91. The van der Waals surface area contributed by atoms with Gasteiger partial charge in [0.1, 0.15) is 17.1 Å². The predicted octanol–water partition coefficient (Wildman–Crippen LogP) is 6.28. The Morgan fingerprint density at radius 1 is 1.23 bits per heavy atom. The molecule has 1 aliphatic heterocycles. The normalized spacial score (nSPS) is 18.1. The van der Waals surface area contributed by atoms with Gasteiger partial charge in [-0.3, -0.25) is 9.69 Å². The zero-order valence-electron chi connectivity index (χ0n) is 20.1. The molecule has 30 heavy (non-hydrogen) atoms. The maximum atomic E-state index is 12.5. The van der Waals surface area contributed by atoms with Crippen molar-refractivity contribution in [2.45, 2.75) is 91.1 Å². The van der Waals surface area contributed by atoms with Crippen LogP contribution in [0.3, 0.4) is 0 Å². The van der Waals surface area contributed by atoms with Gasteiger partial charge >= 0.3 is 5.97 Å². The molecule has 2 rings (SSSR count). The lowest BCUT2D eigenvalue weighted by Gasteiger charge is -2.38. The third kappa shape index (κ3) is 7.16. The monoisotopic (exact) mass is 415 g/mol. The number of ether oxygens (including phenoxy) is 2. The fraction of sp³-hybridized carbons (Fsp3) is 0.654. The topological polar surface area (TPSA) is 38.8 Å². The molecule has 0 unspecified atom stereocenters. The minimum Gasteiger partial charge on any atom is -0.487 e. The van der Waals surface area contributed by atoms with Gasteiger partial charge in [-0.05, 0) is 78.2 Å². The summed E-state index contributed by atoms with van der Waals surface area (Å²) in [6.45, 7) is 11.2. The molecule has 0 saturated carbocycles. The fourth-order valence-electron chi connectivity index (χ4n) is 4.26. The molecular formula is C26H41NO3. The first kappa shape index (κ1) is 24.5. The molecule has 0 N–H and O–H groups in total. The van der Waals surface area contributed by atoms with Crippen LogP contribution in [-0.4, -0.2) is 37.1 Å². The largest absolute Gasteiger partial charge is 0.487 e. The van der Waals surface area contributed by atoms with Crippen LogP contribution in [0, 0.1) is 0 Å². The molecule has 4 heteroatoms. The molecule has 0 aromatic heterocycles. The molecule has 1 atom stereocenters. The van der Waals surface area contributed by atoms with Crippen LogP contribution in [0.1, 0.15) is 90.2 Å². The van der Waals surface area contributed by atoms with Gasteiger partial charge in [0, 0.05) is 11.5 Å². The Balaban J connectivity index is 2.49. The van der Waals surface area contributed by atoms with Gasteiger partial charge in [-0.25, -0.2) is 0 Å². The van der Waals surface area contributed by atoms with Gasteiger partial charge in [-0.2, -0.15) is 0 Å². The summed E-state index contributed by atoms with van der Waals surface area (Å²) in [4.78, 5) is 14.4. The molecule has 0 bridgehead atoms. The van der Waals surface area contributed by atoms with Gasteiger partial charge in [0.2, 0.25) is 0 Å². The van der Waals surface area contributed by atoms with Crippen molar-refractivity contribution >= 4 is 5.97 Å². The molecule has 1 aliphatic rings. The van der Waals surface area contributed by atoms with Crippen molar-refractivity contribution in [3.05, 3.63) is 34.9 Å². The summed E-state index contributed by atoms with van der Waals surface area (Å²) >= 11 is 0. The quantitative estimate of drug-likeness (QED) is 0.195. The Bertz CT molecular complexity index is 749. The van der Waals surface area contributed by atoms with Crippen molar-refractivity contribution < 1.29 is 14.3 Å². The number of rotatable bonds is 10. The van der Waals surface area contributed by atoms with E-state index in [2.05, 4.69) is 52.8 Å². The number of fused-ring (bicyclic) bond motifs is 1. The Morgan fingerprint density at radius 3 is 2.60 bits per heavy atom. The molecular weight excluding hydrogens is 374 g/mol. The molecule has 0 radical (unpaired) electrons. The van der Waals surface area contributed by atoms with Gasteiger partial charge in [0.05, 0.1) is 6.54 Å². The highest BCUT2D eigenvalue weighted by Crippen LogP contribution is 2.47. The van der Waals surface area contributed by atoms with Crippen LogP contribution in [0.15, 0.2) is 23.8 Å². The van der Waals surface area contributed by atoms with Crippen LogP contribution in [0.4, 0.5) is 0 Å². The highest BCUT2D eigenvalue weighted by atomic mass is 16.5. The van der Waals surface area contributed by atoms with E-state index in [1.54, 1.807) is 0 Å². The predicted molar refractivity (Wildman–Crippen MR) is 125 cm³/mol. The molecule has 4 nitrogen and oxygen atoms in total. The molecule has 1 aromatic carbocycles. The maximum Gasteiger partial charge on any atom is 0.325 e. The second-order valence-electron chi connectivity index (χ2n) is 9.61. The molecule has 1 aromatic rings. The summed E-state index contributed by atoms with van der Waals surface area (Å²) in [5, 5.41) is 0. The van der Waals surface area contributed by atoms with Gasteiger partial charge in [0.15, 0.2) is 0 Å². The highest BCUT2D eigenvalue weighted by molar-refractivity contribution is 5.75. The highest BCUT2D eigenvalue weighted by Gasteiger charge is 2.36. The second kappa shape index (κ2) is 11.0. The van der Waals surface area contributed by atoms with Crippen LogP contribution in [0.2, 0.25) is 0 Å². The number of carbonyl (C=O) groups excluding carboxylic acids is 1. The molecule has 0 spiro atoms. The maximum absolute atomic E-state index is 12.5. The number of likely N-dealkylation sites (N-methyl/N-ethyl adjacent to an activating group) is 1. The summed E-state index contributed by atoms with van der Waals surface area (Å²) < 4.78 is 12.3. The fourth-order valence-corrected chi connectivity index (χ4v) is 4.26. The van der Waals surface area contributed by atoms with Crippen molar-refractivity contribution in [2.75, 3.05) is 20.6 Å². The smallest absolute Gasteiger partial charge is 0.325 e. The van der Waals surface area contributed by atoms with E-state index in [-0.39, 0.29) is 24.0 Å². The standard InChI is InChI=1S/C26H41NO3/c1-8-10-11-13-20-15-22(29-24(28)18-27(6)7)25-21(14-19(3)12-9-2)17-26(4,5)30-23(25)16-20/h14-16,21H,8-13,17-18H2,1-7H3/b19-14-/t21-/m1/s1. The zero-order valence-corrected chi connectivity index (χ0v) is 20.1. The zero-order chi connectivity index (χ0) is 22.3. The van der Waals surface area contributed by atoms with E-state index >= 15 is 0 Å². The van der Waals surface area contributed by atoms with E-state index in [9.17, 15) is 4.79 Å². The Kier molecular flexibility index (Phi) is 8.96. The number of nitrogens with zero attached hydrogens (tertiary/aromatic N) is 1. The summed E-state index contributed by atoms with van der Waals surface area (Å²) in [7, 11) is 3.76. The van der Waals surface area contributed by atoms with Crippen LogP contribution in [0.5, 0.6) is 11.5 Å². The van der Waals surface area contributed by atoms with Gasteiger partial charge in [0.25, 0.3) is 0 Å². The first-order valence-corrected chi connectivity index (χ1v) is 11.5. The number of hydrogen-bond acceptors (Lipinski definition) is 4. The first-order chi connectivity index (χ1) is 14.1. The van der Waals surface area contributed by atoms with E-state index in [1.165, 1.54) is 24.0 Å². The van der Waals surface area contributed by atoms with Crippen LogP contribution < -0.4 is 9.47 Å². The summed E-state index contributed by atoms with van der Waals surface area (Å²) in [6, 6.07) is 4.24. The van der Waals surface area contributed by atoms with E-state index in [4.69, 9.17) is 9.47 Å². The summed E-state index contributed by atoms with van der Waals surface area (Å²) in [5.41, 5.74) is 3.33. The lowest BCUT2D eigenvalue weighted by molar-refractivity contribution is -0.135. The Morgan fingerprint density at radius 2 is 1.97 bits per heavy atom. The van der Waals surface area contributed by atoms with E-state index in [0.29, 0.717) is 5.75 Å². The van der Waals surface area contributed by atoms with Crippen LogP contribution in [0.25, 0.3) is 0 Å². The van der Waals surface area contributed by atoms with Gasteiger partial charge in [-0.15, -0.1) is 0 Å². The molecule has 1 heterocycles. The van der Waals surface area contributed by atoms with E-state index < -0.39 is 0 Å². The number of aryl methyl sites for hydroxylation is 1. The average Bonchev–Trinajstić information content (AvgIpc) is 2.59. The third-order valence-corrected chi connectivity index (χ3v) is 5.50. The number of esters is 1. The van der Waals surface area contributed by atoms with Gasteiger partial charge in [-0.1, -0.05) is 44.8 Å². The number of benzene rings is 1. The van der Waals surface area contributed by atoms with Crippen molar-refractivity contribution in [2.24, 2.45) is 0 Å². The molecule has 0 fully saturated rings. The van der Waals surface area contributed by atoms with Crippen molar-refractivity contribution in [3.8, 4) is 11.5 Å².